The van der Waals surface area contributed by atoms with Crippen LogP contribution in [-0.4, -0.2) is 41.6 Å². The lowest BCUT2D eigenvalue weighted by Crippen LogP contribution is -2.38. The molecule has 2 aromatic carbocycles. The number of fused-ring (bicyclic) bond motifs is 1. The third kappa shape index (κ3) is 4.48. The van der Waals surface area contributed by atoms with Crippen LogP contribution in [0.2, 0.25) is 15.1 Å². The zero-order chi connectivity index (χ0) is 22.1. The molecule has 1 unspecified atom stereocenters. The van der Waals surface area contributed by atoms with Crippen LogP contribution in [0.3, 0.4) is 0 Å². The average Bonchev–Trinajstić information content (AvgIpc) is 3.15. The summed E-state index contributed by atoms with van der Waals surface area (Å²) in [7, 11) is 0. The number of nitrogens with two attached hydrogens (primary N) is 1. The number of benzene rings is 2. The molecule has 160 valence electrons. The molecule has 0 spiro atoms. The van der Waals surface area contributed by atoms with Gasteiger partial charge >= 0.3 is 0 Å². The Morgan fingerprint density at radius 3 is 2.68 bits per heavy atom. The molecule has 0 saturated carbocycles. The number of guanidine groups is 1. The van der Waals surface area contributed by atoms with Gasteiger partial charge in [-0.25, -0.2) is 9.98 Å². The van der Waals surface area contributed by atoms with Crippen LogP contribution in [0.5, 0.6) is 0 Å². The number of rotatable bonds is 5. The normalized spacial score (nSPS) is 18.0. The number of aliphatic imine (C=N–C) groups is 2. The fraction of sp³-hybridized carbons (Fsp3) is 0.227. The second-order valence-corrected chi connectivity index (χ2v) is 8.54. The lowest BCUT2D eigenvalue weighted by Gasteiger charge is -2.30. The van der Waals surface area contributed by atoms with Gasteiger partial charge in [-0.1, -0.05) is 46.9 Å². The Labute approximate surface area is 195 Å². The van der Waals surface area contributed by atoms with E-state index in [-0.39, 0.29) is 12.5 Å². The maximum Gasteiger partial charge on any atom is 0.247 e. The zero-order valence-electron chi connectivity index (χ0n) is 16.7. The number of nitrogens with one attached hydrogen (secondary N) is 1. The molecule has 2 heterocycles. The van der Waals surface area contributed by atoms with Crippen LogP contribution in [0.25, 0.3) is 5.70 Å². The lowest BCUT2D eigenvalue weighted by atomic mass is 10.00. The second kappa shape index (κ2) is 9.01. The number of amides is 1. The fourth-order valence-electron chi connectivity index (χ4n) is 3.67. The van der Waals surface area contributed by atoms with Crippen LogP contribution in [0, 0.1) is 0 Å². The van der Waals surface area contributed by atoms with Gasteiger partial charge < -0.3 is 16.0 Å². The van der Waals surface area contributed by atoms with E-state index in [4.69, 9.17) is 40.5 Å². The summed E-state index contributed by atoms with van der Waals surface area (Å²) in [5, 5.41) is 4.58. The fourth-order valence-corrected chi connectivity index (χ4v) is 4.38. The number of carbonyl (C=O) groups excluding carboxylic acids is 1. The van der Waals surface area contributed by atoms with E-state index < -0.39 is 6.04 Å². The van der Waals surface area contributed by atoms with Crippen molar-refractivity contribution in [3.63, 3.8) is 0 Å². The molecule has 0 fully saturated rings. The molecule has 1 atom stereocenters. The summed E-state index contributed by atoms with van der Waals surface area (Å²) in [6.07, 6.45) is 0. The highest BCUT2D eigenvalue weighted by molar-refractivity contribution is 6.36. The SMILES string of the molecule is CC1=NC2=NC(C(=O)NCc3cccc(Cl)c3)CN2C(c2ccc(Cl)cc2Cl)=C1CN. The van der Waals surface area contributed by atoms with Crippen molar-refractivity contribution in [1.29, 1.82) is 0 Å². The Balaban J connectivity index is 1.59. The molecule has 4 rings (SSSR count). The van der Waals surface area contributed by atoms with Crippen LogP contribution in [-0.2, 0) is 11.3 Å². The van der Waals surface area contributed by atoms with Gasteiger partial charge in [0.15, 0.2) is 6.04 Å². The minimum atomic E-state index is -0.607. The van der Waals surface area contributed by atoms with E-state index in [1.54, 1.807) is 18.2 Å². The molecule has 0 saturated heterocycles. The van der Waals surface area contributed by atoms with Gasteiger partial charge in [0.1, 0.15) is 0 Å². The largest absolute Gasteiger partial charge is 0.350 e. The second-order valence-electron chi connectivity index (χ2n) is 7.26. The van der Waals surface area contributed by atoms with Gasteiger partial charge in [0.25, 0.3) is 0 Å². The smallest absolute Gasteiger partial charge is 0.247 e. The topological polar surface area (TPSA) is 83.1 Å². The van der Waals surface area contributed by atoms with Crippen molar-refractivity contribution in [1.82, 2.24) is 10.2 Å². The minimum Gasteiger partial charge on any atom is -0.350 e. The third-order valence-corrected chi connectivity index (χ3v) is 5.96. The number of hydrogen-bond donors (Lipinski definition) is 2. The summed E-state index contributed by atoms with van der Waals surface area (Å²) >= 11 is 18.6. The first-order valence-electron chi connectivity index (χ1n) is 9.69. The van der Waals surface area contributed by atoms with E-state index in [2.05, 4.69) is 15.3 Å². The number of carbonyl (C=O) groups is 1. The first-order valence-corrected chi connectivity index (χ1v) is 10.8. The monoisotopic (exact) mass is 475 g/mol. The van der Waals surface area contributed by atoms with Gasteiger partial charge in [0.2, 0.25) is 11.9 Å². The molecular weight excluding hydrogens is 457 g/mol. The quantitative estimate of drug-likeness (QED) is 0.680. The van der Waals surface area contributed by atoms with Gasteiger partial charge in [-0.3, -0.25) is 4.79 Å². The predicted octanol–water partition coefficient (Wildman–Crippen LogP) is 4.15. The Morgan fingerprint density at radius 1 is 1.19 bits per heavy atom. The van der Waals surface area contributed by atoms with Gasteiger partial charge in [-0.05, 0) is 42.8 Å². The van der Waals surface area contributed by atoms with E-state index in [9.17, 15) is 4.79 Å². The minimum absolute atomic E-state index is 0.189. The molecule has 2 aromatic rings. The van der Waals surface area contributed by atoms with Crippen molar-refractivity contribution in [3.8, 4) is 0 Å². The molecule has 2 aliphatic rings. The molecule has 2 aliphatic heterocycles. The van der Waals surface area contributed by atoms with Crippen LogP contribution in [0.15, 0.2) is 58.0 Å². The van der Waals surface area contributed by atoms with E-state index in [1.807, 2.05) is 36.1 Å². The Morgan fingerprint density at radius 2 is 1.97 bits per heavy atom. The first kappa shape index (κ1) is 21.8. The molecule has 0 radical (unpaired) electrons. The molecule has 0 aliphatic carbocycles. The molecule has 0 bridgehead atoms. The van der Waals surface area contributed by atoms with Crippen molar-refractivity contribution in [2.24, 2.45) is 15.7 Å². The predicted molar refractivity (Wildman–Crippen MR) is 127 cm³/mol. The maximum atomic E-state index is 12.8. The summed E-state index contributed by atoms with van der Waals surface area (Å²) in [4.78, 5) is 23.8. The molecule has 1 amide bonds. The molecular formula is C22H20Cl3N5O. The average molecular weight is 477 g/mol. The van der Waals surface area contributed by atoms with Crippen LogP contribution in [0.1, 0.15) is 18.1 Å². The molecule has 0 aromatic heterocycles. The van der Waals surface area contributed by atoms with Gasteiger partial charge in [0, 0.05) is 40.0 Å². The van der Waals surface area contributed by atoms with Gasteiger partial charge in [0.05, 0.1) is 17.3 Å². The van der Waals surface area contributed by atoms with Crippen molar-refractivity contribution in [2.75, 3.05) is 13.1 Å². The summed E-state index contributed by atoms with van der Waals surface area (Å²) < 4.78 is 0. The summed E-state index contributed by atoms with van der Waals surface area (Å²) in [5.74, 6) is 0.282. The highest BCUT2D eigenvalue weighted by atomic mass is 35.5. The van der Waals surface area contributed by atoms with Crippen molar-refractivity contribution in [2.45, 2.75) is 19.5 Å². The van der Waals surface area contributed by atoms with Crippen molar-refractivity contribution < 1.29 is 4.79 Å². The van der Waals surface area contributed by atoms with Crippen LogP contribution < -0.4 is 11.1 Å². The van der Waals surface area contributed by atoms with Crippen molar-refractivity contribution >= 4 is 58.1 Å². The van der Waals surface area contributed by atoms with Gasteiger partial charge in [-0.2, -0.15) is 0 Å². The standard InChI is InChI=1S/C22H20Cl3N5O/c1-12-17(9-26)20(16-6-5-15(24)8-18(16)25)30-11-19(29-22(30)28-12)21(31)27-10-13-3-2-4-14(23)7-13/h2-8,19H,9-11,26H2,1H3,(H,27,31). The molecule has 3 N–H and O–H groups in total. The van der Waals surface area contributed by atoms with Crippen LogP contribution in [0.4, 0.5) is 0 Å². The maximum absolute atomic E-state index is 12.8. The number of hydrogen-bond acceptors (Lipinski definition) is 5. The van der Waals surface area contributed by atoms with Crippen LogP contribution >= 0.6 is 34.8 Å². The Bertz CT molecular complexity index is 1140. The molecule has 31 heavy (non-hydrogen) atoms. The van der Waals surface area contributed by atoms with E-state index in [0.717, 1.165) is 28.1 Å². The summed E-state index contributed by atoms with van der Waals surface area (Å²) in [5.41, 5.74) is 10.1. The highest BCUT2D eigenvalue weighted by Crippen LogP contribution is 2.36. The number of halogens is 3. The van der Waals surface area contributed by atoms with E-state index in [1.165, 1.54) is 0 Å². The molecule has 9 heteroatoms. The Hall–Kier alpha value is -2.38. The summed E-state index contributed by atoms with van der Waals surface area (Å²) in [6, 6.07) is 12.0. The Kier molecular flexibility index (Phi) is 6.34. The zero-order valence-corrected chi connectivity index (χ0v) is 19.0. The highest BCUT2D eigenvalue weighted by Gasteiger charge is 2.37. The molecule has 6 nitrogen and oxygen atoms in total. The number of nitrogens with zero attached hydrogens (tertiary/aromatic N) is 3. The first-order chi connectivity index (χ1) is 14.9. The lowest BCUT2D eigenvalue weighted by molar-refractivity contribution is -0.122. The third-order valence-electron chi connectivity index (χ3n) is 5.18. The van der Waals surface area contributed by atoms with Gasteiger partial charge in [-0.15, -0.1) is 0 Å². The van der Waals surface area contributed by atoms with E-state index in [0.29, 0.717) is 34.1 Å². The summed E-state index contributed by atoms with van der Waals surface area (Å²) in [6.45, 7) is 2.85. The van der Waals surface area contributed by atoms with Crippen molar-refractivity contribution in [3.05, 3.63) is 74.2 Å². The van der Waals surface area contributed by atoms with E-state index >= 15 is 0 Å².